The van der Waals surface area contributed by atoms with Crippen molar-refractivity contribution in [3.05, 3.63) is 0 Å². The summed E-state index contributed by atoms with van der Waals surface area (Å²) in [4.78, 5) is 11.5. The molecule has 0 heterocycles. The fraction of sp³-hybridized carbons (Fsp3) is 0.917. The second-order valence-electron chi connectivity index (χ2n) is 4.73. The van der Waals surface area contributed by atoms with Gasteiger partial charge in [-0.2, -0.15) is 0 Å². The summed E-state index contributed by atoms with van der Waals surface area (Å²) in [6.07, 6.45) is 3.62. The van der Waals surface area contributed by atoms with Crippen LogP contribution in [0.3, 0.4) is 0 Å². The molecule has 1 fully saturated rings. The highest BCUT2D eigenvalue weighted by molar-refractivity contribution is 7.92. The van der Waals surface area contributed by atoms with Gasteiger partial charge in [-0.05, 0) is 19.4 Å². The summed E-state index contributed by atoms with van der Waals surface area (Å²) >= 11 is 0. The number of sulfone groups is 1. The molecule has 0 saturated heterocycles. The molecule has 0 aromatic rings. The summed E-state index contributed by atoms with van der Waals surface area (Å²) in [5.41, 5.74) is 0. The third kappa shape index (κ3) is 5.35. The molecule has 0 bridgehead atoms. The molecule has 1 amide bonds. The van der Waals surface area contributed by atoms with Gasteiger partial charge in [-0.15, -0.1) is 0 Å². The van der Waals surface area contributed by atoms with E-state index in [1.165, 1.54) is 0 Å². The third-order valence-corrected chi connectivity index (χ3v) is 5.56. The van der Waals surface area contributed by atoms with Gasteiger partial charge in [0.1, 0.15) is 0 Å². The molecule has 106 valence electrons. The van der Waals surface area contributed by atoms with Crippen LogP contribution in [-0.2, 0) is 14.6 Å². The van der Waals surface area contributed by atoms with Crippen molar-refractivity contribution in [2.24, 2.45) is 0 Å². The van der Waals surface area contributed by atoms with Gasteiger partial charge in [0.2, 0.25) is 5.91 Å². The monoisotopic (exact) mass is 276 g/mol. The van der Waals surface area contributed by atoms with Gasteiger partial charge in [0.05, 0.1) is 11.0 Å². The van der Waals surface area contributed by atoms with Crippen LogP contribution in [0.1, 0.15) is 39.0 Å². The van der Waals surface area contributed by atoms with E-state index in [0.717, 1.165) is 38.8 Å². The molecule has 0 unspecified atom stereocenters. The molecule has 1 aliphatic carbocycles. The van der Waals surface area contributed by atoms with Crippen LogP contribution in [0.15, 0.2) is 0 Å². The van der Waals surface area contributed by atoms with Gasteiger partial charge in [-0.3, -0.25) is 4.79 Å². The van der Waals surface area contributed by atoms with Crippen molar-refractivity contribution in [3.63, 3.8) is 0 Å². The zero-order valence-electron chi connectivity index (χ0n) is 11.1. The molecule has 0 radical (unpaired) electrons. The minimum atomic E-state index is -3.07. The van der Waals surface area contributed by atoms with Crippen LogP contribution in [0.25, 0.3) is 0 Å². The van der Waals surface area contributed by atoms with E-state index in [9.17, 15) is 13.2 Å². The SMILES string of the molecule is CCNCCNC(=O)CCS(=O)(=O)C1CCCC1. The average Bonchev–Trinajstić information content (AvgIpc) is 2.87. The first-order valence-electron chi connectivity index (χ1n) is 6.75. The maximum atomic E-state index is 11.9. The van der Waals surface area contributed by atoms with Crippen molar-refractivity contribution in [1.82, 2.24) is 10.6 Å². The van der Waals surface area contributed by atoms with Crippen molar-refractivity contribution >= 4 is 15.7 Å². The average molecular weight is 276 g/mol. The number of likely N-dealkylation sites (N-methyl/N-ethyl adjacent to an activating group) is 1. The zero-order valence-corrected chi connectivity index (χ0v) is 11.9. The largest absolute Gasteiger partial charge is 0.355 e. The van der Waals surface area contributed by atoms with Gasteiger partial charge < -0.3 is 10.6 Å². The number of carbonyl (C=O) groups is 1. The Morgan fingerprint density at radius 3 is 2.50 bits per heavy atom. The number of carbonyl (C=O) groups excluding carboxylic acids is 1. The van der Waals surface area contributed by atoms with E-state index in [4.69, 9.17) is 0 Å². The standard InChI is InChI=1S/C12H24N2O3S/c1-2-13-8-9-14-12(15)7-10-18(16,17)11-5-3-4-6-11/h11,13H,2-10H2,1H3,(H,14,15). The summed E-state index contributed by atoms with van der Waals surface area (Å²) in [7, 11) is -3.07. The molecule has 0 atom stereocenters. The quantitative estimate of drug-likeness (QED) is 0.632. The summed E-state index contributed by atoms with van der Waals surface area (Å²) in [6, 6.07) is 0. The Balaban J connectivity index is 2.20. The molecule has 0 aromatic carbocycles. The van der Waals surface area contributed by atoms with E-state index in [0.29, 0.717) is 6.54 Å². The van der Waals surface area contributed by atoms with Gasteiger partial charge >= 0.3 is 0 Å². The van der Waals surface area contributed by atoms with Crippen LogP contribution in [0.4, 0.5) is 0 Å². The first-order valence-corrected chi connectivity index (χ1v) is 8.47. The normalized spacial score (nSPS) is 16.9. The summed E-state index contributed by atoms with van der Waals surface area (Å²) in [5.74, 6) is -0.181. The van der Waals surface area contributed by atoms with E-state index in [1.54, 1.807) is 0 Å². The zero-order chi connectivity index (χ0) is 13.4. The Labute approximate surface area is 110 Å². The Morgan fingerprint density at radius 2 is 1.89 bits per heavy atom. The van der Waals surface area contributed by atoms with Crippen LogP contribution in [0.5, 0.6) is 0 Å². The molecule has 1 rings (SSSR count). The highest BCUT2D eigenvalue weighted by Gasteiger charge is 2.28. The molecule has 1 aliphatic rings. The topological polar surface area (TPSA) is 75.3 Å². The fourth-order valence-corrected chi connectivity index (χ4v) is 4.06. The van der Waals surface area contributed by atoms with Gasteiger partial charge in [-0.25, -0.2) is 8.42 Å². The highest BCUT2D eigenvalue weighted by Crippen LogP contribution is 2.25. The number of amides is 1. The van der Waals surface area contributed by atoms with Crippen LogP contribution in [0.2, 0.25) is 0 Å². The van der Waals surface area contributed by atoms with Gasteiger partial charge in [0.25, 0.3) is 0 Å². The van der Waals surface area contributed by atoms with Crippen LogP contribution in [-0.4, -0.2) is 45.0 Å². The first-order chi connectivity index (χ1) is 8.56. The van der Waals surface area contributed by atoms with Crippen LogP contribution < -0.4 is 10.6 Å². The lowest BCUT2D eigenvalue weighted by Crippen LogP contribution is -2.33. The van der Waals surface area contributed by atoms with Gasteiger partial charge in [0.15, 0.2) is 9.84 Å². The van der Waals surface area contributed by atoms with E-state index < -0.39 is 9.84 Å². The van der Waals surface area contributed by atoms with Crippen molar-refractivity contribution in [3.8, 4) is 0 Å². The number of hydrogen-bond donors (Lipinski definition) is 2. The van der Waals surface area contributed by atoms with E-state index in [-0.39, 0.29) is 23.3 Å². The molecule has 1 saturated carbocycles. The molecular formula is C12H24N2O3S. The Kier molecular flexibility index (Phi) is 6.63. The molecule has 6 heteroatoms. The molecule has 0 spiro atoms. The maximum Gasteiger partial charge on any atom is 0.221 e. The predicted octanol–water partition coefficient (Wildman–Crippen LogP) is 0.460. The summed E-state index contributed by atoms with van der Waals surface area (Å²) in [5, 5.41) is 5.60. The number of nitrogens with one attached hydrogen (secondary N) is 2. The summed E-state index contributed by atoms with van der Waals surface area (Å²) < 4.78 is 23.8. The van der Waals surface area contributed by atoms with Crippen molar-refractivity contribution < 1.29 is 13.2 Å². The molecule has 18 heavy (non-hydrogen) atoms. The van der Waals surface area contributed by atoms with Crippen molar-refractivity contribution in [1.29, 1.82) is 0 Å². The maximum absolute atomic E-state index is 11.9. The van der Waals surface area contributed by atoms with Gasteiger partial charge in [-0.1, -0.05) is 19.8 Å². The Morgan fingerprint density at radius 1 is 1.22 bits per heavy atom. The lowest BCUT2D eigenvalue weighted by molar-refractivity contribution is -0.120. The van der Waals surface area contributed by atoms with Crippen molar-refractivity contribution in [2.45, 2.75) is 44.3 Å². The molecule has 5 nitrogen and oxygen atoms in total. The Bertz CT molecular complexity index is 348. The van der Waals surface area contributed by atoms with E-state index >= 15 is 0 Å². The second-order valence-corrected chi connectivity index (χ2v) is 7.13. The molecule has 0 aromatic heterocycles. The van der Waals surface area contributed by atoms with Crippen molar-refractivity contribution in [2.75, 3.05) is 25.4 Å². The van der Waals surface area contributed by atoms with Crippen LogP contribution in [0, 0.1) is 0 Å². The van der Waals surface area contributed by atoms with Gasteiger partial charge in [0, 0.05) is 19.5 Å². The predicted molar refractivity (Wildman–Crippen MR) is 72.2 cm³/mol. The molecule has 2 N–H and O–H groups in total. The van der Waals surface area contributed by atoms with Crippen LogP contribution >= 0.6 is 0 Å². The number of hydrogen-bond acceptors (Lipinski definition) is 4. The summed E-state index contributed by atoms with van der Waals surface area (Å²) in [6.45, 7) is 4.13. The minimum Gasteiger partial charge on any atom is -0.355 e. The minimum absolute atomic E-state index is 0.00922. The third-order valence-electron chi connectivity index (χ3n) is 3.30. The lowest BCUT2D eigenvalue weighted by atomic mass is 10.4. The Hall–Kier alpha value is -0.620. The fourth-order valence-electron chi connectivity index (χ4n) is 2.20. The van der Waals surface area contributed by atoms with E-state index in [2.05, 4.69) is 10.6 Å². The lowest BCUT2D eigenvalue weighted by Gasteiger charge is -2.11. The second kappa shape index (κ2) is 7.74. The molecule has 0 aliphatic heterocycles. The van der Waals surface area contributed by atoms with E-state index in [1.807, 2.05) is 6.92 Å². The molecular weight excluding hydrogens is 252 g/mol. The first kappa shape index (κ1) is 15.4. The highest BCUT2D eigenvalue weighted by atomic mass is 32.2. The number of rotatable bonds is 8. The smallest absolute Gasteiger partial charge is 0.221 e.